The summed E-state index contributed by atoms with van der Waals surface area (Å²) < 4.78 is 38.8. The van der Waals surface area contributed by atoms with Crippen molar-refractivity contribution in [3.63, 3.8) is 0 Å². The number of hydrogen-bond acceptors (Lipinski definition) is 6. The van der Waals surface area contributed by atoms with Crippen molar-refractivity contribution in [1.82, 2.24) is 19.9 Å². The molecule has 0 N–H and O–H groups in total. The maximum atomic E-state index is 12.9. The van der Waals surface area contributed by atoms with Gasteiger partial charge in [0.05, 0.1) is 0 Å². The Kier molecular flexibility index (Phi) is 4.86. The Balaban J connectivity index is 1.54. The summed E-state index contributed by atoms with van der Waals surface area (Å²) >= 11 is 0. The van der Waals surface area contributed by atoms with Crippen LogP contribution in [0.4, 0.5) is 24.9 Å². The average molecular weight is 406 g/mol. The van der Waals surface area contributed by atoms with Gasteiger partial charge in [-0.05, 0) is 25.3 Å². The number of rotatable bonds is 2. The summed E-state index contributed by atoms with van der Waals surface area (Å²) in [6, 6.07) is 0.901. The summed E-state index contributed by atoms with van der Waals surface area (Å²) in [6.45, 7) is 8.73. The Morgan fingerprint density at radius 1 is 0.897 bits per heavy atom. The summed E-state index contributed by atoms with van der Waals surface area (Å²) in [5, 5.41) is 0. The van der Waals surface area contributed by atoms with Gasteiger partial charge in [-0.2, -0.15) is 13.2 Å². The number of nitrogens with zero attached hydrogens (tertiary/aromatic N) is 6. The molecule has 1 saturated heterocycles. The van der Waals surface area contributed by atoms with Crippen molar-refractivity contribution in [3.8, 4) is 0 Å². The molecular formula is C20H25F3N6. The number of halogens is 3. The van der Waals surface area contributed by atoms with Crippen LogP contribution in [0.15, 0.2) is 12.3 Å². The molecular weight excluding hydrogens is 381 g/mol. The first kappa shape index (κ1) is 19.8. The first-order chi connectivity index (χ1) is 13.6. The molecule has 3 heterocycles. The van der Waals surface area contributed by atoms with Crippen LogP contribution in [-0.2, 0) is 24.4 Å². The largest absolute Gasteiger partial charge is 0.433 e. The third-order valence-corrected chi connectivity index (χ3v) is 5.38. The molecule has 0 unspecified atom stereocenters. The van der Waals surface area contributed by atoms with Gasteiger partial charge in [0.2, 0.25) is 5.95 Å². The van der Waals surface area contributed by atoms with Crippen LogP contribution in [0.25, 0.3) is 0 Å². The molecule has 0 atom stereocenters. The fourth-order valence-electron chi connectivity index (χ4n) is 3.79. The Morgan fingerprint density at radius 3 is 2.24 bits per heavy atom. The van der Waals surface area contributed by atoms with Crippen molar-refractivity contribution in [3.05, 3.63) is 35.0 Å². The zero-order valence-corrected chi connectivity index (χ0v) is 16.9. The Morgan fingerprint density at radius 2 is 1.59 bits per heavy atom. The van der Waals surface area contributed by atoms with Gasteiger partial charge in [0.1, 0.15) is 17.3 Å². The molecule has 29 heavy (non-hydrogen) atoms. The third-order valence-electron chi connectivity index (χ3n) is 5.38. The summed E-state index contributed by atoms with van der Waals surface area (Å²) in [6.07, 6.45) is -0.254. The fourth-order valence-corrected chi connectivity index (χ4v) is 3.79. The molecule has 0 spiro atoms. The van der Waals surface area contributed by atoms with Gasteiger partial charge in [-0.3, -0.25) is 0 Å². The van der Waals surface area contributed by atoms with Gasteiger partial charge in [0, 0.05) is 49.0 Å². The number of aromatic nitrogens is 4. The lowest BCUT2D eigenvalue weighted by Gasteiger charge is -2.36. The highest BCUT2D eigenvalue weighted by molar-refractivity contribution is 5.53. The Bertz CT molecular complexity index is 898. The smallest absolute Gasteiger partial charge is 0.353 e. The summed E-state index contributed by atoms with van der Waals surface area (Å²) in [5.74, 6) is 1.96. The number of aryl methyl sites for hydroxylation is 1. The van der Waals surface area contributed by atoms with E-state index in [0.717, 1.165) is 42.7 Å². The topological polar surface area (TPSA) is 58.0 Å². The predicted octanol–water partition coefficient (Wildman–Crippen LogP) is 3.40. The normalized spacial score (nSPS) is 17.6. The van der Waals surface area contributed by atoms with Gasteiger partial charge in [0.25, 0.3) is 0 Å². The van der Waals surface area contributed by atoms with Gasteiger partial charge in [-0.25, -0.2) is 19.9 Å². The molecule has 0 saturated carbocycles. The van der Waals surface area contributed by atoms with Crippen LogP contribution in [0.1, 0.15) is 50.0 Å². The molecule has 1 aliphatic carbocycles. The van der Waals surface area contributed by atoms with E-state index in [1.165, 1.54) is 11.8 Å². The monoisotopic (exact) mass is 406 g/mol. The highest BCUT2D eigenvalue weighted by Gasteiger charge is 2.34. The van der Waals surface area contributed by atoms with Gasteiger partial charge >= 0.3 is 6.18 Å². The van der Waals surface area contributed by atoms with Gasteiger partial charge in [0.15, 0.2) is 0 Å². The molecule has 2 aromatic rings. The molecule has 4 rings (SSSR count). The molecule has 6 nitrogen and oxygen atoms in total. The number of anilines is 2. The van der Waals surface area contributed by atoms with Crippen LogP contribution >= 0.6 is 0 Å². The zero-order chi connectivity index (χ0) is 20.8. The quantitative estimate of drug-likeness (QED) is 0.762. The second-order valence-electron chi connectivity index (χ2n) is 8.61. The van der Waals surface area contributed by atoms with E-state index in [9.17, 15) is 13.2 Å². The minimum atomic E-state index is -4.47. The van der Waals surface area contributed by atoms with E-state index in [1.807, 2.05) is 0 Å². The zero-order valence-electron chi connectivity index (χ0n) is 16.9. The van der Waals surface area contributed by atoms with E-state index in [-0.39, 0.29) is 11.4 Å². The van der Waals surface area contributed by atoms with Crippen LogP contribution in [-0.4, -0.2) is 46.1 Å². The summed E-state index contributed by atoms with van der Waals surface area (Å²) in [7, 11) is 0. The molecule has 0 bridgehead atoms. The molecule has 0 aromatic carbocycles. The first-order valence-electron chi connectivity index (χ1n) is 9.93. The lowest BCUT2D eigenvalue weighted by Crippen LogP contribution is -2.48. The summed E-state index contributed by atoms with van der Waals surface area (Å²) in [5.41, 5.74) is 1.32. The van der Waals surface area contributed by atoms with Gasteiger partial charge in [-0.15, -0.1) is 0 Å². The average Bonchev–Trinajstić information content (AvgIpc) is 3.15. The van der Waals surface area contributed by atoms with E-state index in [2.05, 4.69) is 35.6 Å². The van der Waals surface area contributed by atoms with E-state index in [0.29, 0.717) is 26.2 Å². The fraction of sp³-hybridized carbons (Fsp3) is 0.600. The van der Waals surface area contributed by atoms with E-state index >= 15 is 0 Å². The Hall–Kier alpha value is -2.45. The van der Waals surface area contributed by atoms with Gasteiger partial charge in [-0.1, -0.05) is 20.8 Å². The third kappa shape index (κ3) is 4.00. The number of hydrogen-bond donors (Lipinski definition) is 0. The lowest BCUT2D eigenvalue weighted by atomic mass is 9.95. The van der Waals surface area contributed by atoms with Crippen molar-refractivity contribution in [2.24, 2.45) is 0 Å². The molecule has 2 aliphatic rings. The van der Waals surface area contributed by atoms with Gasteiger partial charge < -0.3 is 9.80 Å². The van der Waals surface area contributed by atoms with E-state index in [4.69, 9.17) is 9.97 Å². The number of alkyl halides is 3. The number of piperazine rings is 1. The van der Waals surface area contributed by atoms with Crippen molar-refractivity contribution in [2.75, 3.05) is 36.0 Å². The molecule has 156 valence electrons. The minimum absolute atomic E-state index is 0.128. The van der Waals surface area contributed by atoms with Crippen molar-refractivity contribution in [1.29, 1.82) is 0 Å². The van der Waals surface area contributed by atoms with E-state index in [1.54, 1.807) is 4.90 Å². The maximum absolute atomic E-state index is 12.9. The number of fused-ring (bicyclic) bond motifs is 1. The van der Waals surface area contributed by atoms with Crippen molar-refractivity contribution in [2.45, 2.75) is 51.6 Å². The maximum Gasteiger partial charge on any atom is 0.433 e. The second-order valence-corrected chi connectivity index (χ2v) is 8.61. The molecule has 1 fully saturated rings. The predicted molar refractivity (Wildman–Crippen MR) is 104 cm³/mol. The first-order valence-corrected chi connectivity index (χ1v) is 9.93. The molecule has 0 radical (unpaired) electrons. The highest BCUT2D eigenvalue weighted by Crippen LogP contribution is 2.33. The van der Waals surface area contributed by atoms with Crippen LogP contribution in [0, 0.1) is 0 Å². The van der Waals surface area contributed by atoms with E-state index < -0.39 is 11.9 Å². The standard InChI is InChI=1S/C20H25F3N6/c1-19(2,3)17-25-14-6-4-5-13(14)16(27-17)28-9-11-29(12-10-28)18-24-8-7-15(26-18)20(21,22)23/h7-8H,4-6,9-12H2,1-3H3. The second kappa shape index (κ2) is 7.11. The highest BCUT2D eigenvalue weighted by atomic mass is 19.4. The lowest BCUT2D eigenvalue weighted by molar-refractivity contribution is -0.141. The molecule has 2 aromatic heterocycles. The van der Waals surface area contributed by atoms with Crippen LogP contribution in [0.3, 0.4) is 0 Å². The van der Waals surface area contributed by atoms with Crippen LogP contribution < -0.4 is 9.80 Å². The van der Waals surface area contributed by atoms with Crippen LogP contribution in [0.2, 0.25) is 0 Å². The molecule has 9 heteroatoms. The van der Waals surface area contributed by atoms with Crippen LogP contribution in [0.5, 0.6) is 0 Å². The summed E-state index contributed by atoms with van der Waals surface area (Å²) in [4.78, 5) is 21.5. The van der Waals surface area contributed by atoms with Crippen molar-refractivity contribution >= 4 is 11.8 Å². The molecule has 1 aliphatic heterocycles. The molecule has 0 amide bonds. The SMILES string of the molecule is CC(C)(C)c1nc2c(c(N3CCN(c4nccc(C(F)(F)F)n4)CC3)n1)CCC2. The minimum Gasteiger partial charge on any atom is -0.353 e. The Labute approximate surface area is 168 Å². The van der Waals surface area contributed by atoms with Crippen molar-refractivity contribution < 1.29 is 13.2 Å².